The first-order valence-corrected chi connectivity index (χ1v) is 10.9. The maximum Gasteiger partial charge on any atom is 0.254 e. The van der Waals surface area contributed by atoms with E-state index in [0.29, 0.717) is 24.3 Å². The molecule has 0 bridgehead atoms. The number of rotatable bonds is 7. The van der Waals surface area contributed by atoms with Gasteiger partial charge in [-0.05, 0) is 30.7 Å². The number of aromatic nitrogens is 2. The molecule has 32 heavy (non-hydrogen) atoms. The van der Waals surface area contributed by atoms with Crippen LogP contribution in [-0.4, -0.2) is 39.9 Å². The van der Waals surface area contributed by atoms with E-state index < -0.39 is 6.04 Å². The van der Waals surface area contributed by atoms with Crippen LogP contribution < -0.4 is 16.0 Å². The minimum absolute atomic E-state index is 0.135. The van der Waals surface area contributed by atoms with E-state index in [4.69, 9.17) is 4.98 Å². The summed E-state index contributed by atoms with van der Waals surface area (Å²) in [5.74, 6) is 0.446. The minimum atomic E-state index is -0.759. The van der Waals surface area contributed by atoms with E-state index in [1.54, 1.807) is 24.3 Å². The smallest absolute Gasteiger partial charge is 0.254 e. The third-order valence-corrected chi connectivity index (χ3v) is 5.57. The Balaban J connectivity index is 1.32. The number of anilines is 1. The van der Waals surface area contributed by atoms with E-state index in [9.17, 15) is 14.4 Å². The summed E-state index contributed by atoms with van der Waals surface area (Å²) in [5.41, 5.74) is 2.89. The fourth-order valence-electron chi connectivity index (χ4n) is 3.96. The Hall–Kier alpha value is -3.68. The Labute approximate surface area is 186 Å². The van der Waals surface area contributed by atoms with Crippen molar-refractivity contribution in [3.05, 3.63) is 59.9 Å². The van der Waals surface area contributed by atoms with Crippen LogP contribution in [0.5, 0.6) is 0 Å². The lowest BCUT2D eigenvalue weighted by molar-refractivity contribution is -0.121. The Morgan fingerprint density at radius 3 is 2.69 bits per heavy atom. The van der Waals surface area contributed by atoms with Gasteiger partial charge in [0, 0.05) is 25.4 Å². The number of amides is 3. The van der Waals surface area contributed by atoms with Gasteiger partial charge in [-0.15, -0.1) is 0 Å². The largest absolute Gasteiger partial charge is 0.354 e. The molecule has 0 radical (unpaired) electrons. The lowest BCUT2D eigenvalue weighted by Crippen LogP contribution is -2.42. The van der Waals surface area contributed by atoms with Gasteiger partial charge in [0.25, 0.3) is 5.91 Å². The Morgan fingerprint density at radius 1 is 1.12 bits per heavy atom. The van der Waals surface area contributed by atoms with Gasteiger partial charge < -0.3 is 20.5 Å². The fraction of sp³-hybridized carbons (Fsp3) is 0.333. The second-order valence-corrected chi connectivity index (χ2v) is 8.21. The molecule has 3 N–H and O–H groups in total. The quantitative estimate of drug-likeness (QED) is 0.533. The van der Waals surface area contributed by atoms with Gasteiger partial charge in [0.1, 0.15) is 11.9 Å². The Kier molecular flexibility index (Phi) is 6.20. The SMILES string of the molecule is CC(C)c1nc2ccccc2n1CCNC(=O)CCC1NC(=O)c2ccccc2NC1=O. The van der Waals surface area contributed by atoms with Crippen LogP contribution in [0.25, 0.3) is 11.0 Å². The van der Waals surface area contributed by atoms with Crippen molar-refractivity contribution < 1.29 is 14.4 Å². The van der Waals surface area contributed by atoms with Crippen LogP contribution in [-0.2, 0) is 16.1 Å². The lowest BCUT2D eigenvalue weighted by Gasteiger charge is -2.15. The van der Waals surface area contributed by atoms with Crippen LogP contribution in [0.4, 0.5) is 5.69 Å². The van der Waals surface area contributed by atoms with Gasteiger partial charge in [-0.2, -0.15) is 0 Å². The molecule has 1 aromatic heterocycles. The molecule has 3 amide bonds. The predicted octanol–water partition coefficient (Wildman–Crippen LogP) is 2.81. The normalized spacial score (nSPS) is 15.8. The summed E-state index contributed by atoms with van der Waals surface area (Å²) in [4.78, 5) is 42.0. The molecule has 8 nitrogen and oxygen atoms in total. The van der Waals surface area contributed by atoms with Crippen molar-refractivity contribution in [3.8, 4) is 0 Å². The molecular formula is C24H27N5O3. The number of imidazole rings is 1. The molecule has 4 rings (SSSR count). The summed E-state index contributed by atoms with van der Waals surface area (Å²) in [5, 5.41) is 8.39. The van der Waals surface area contributed by atoms with Gasteiger partial charge in [-0.25, -0.2) is 4.98 Å². The molecule has 0 aliphatic carbocycles. The summed E-state index contributed by atoms with van der Waals surface area (Å²) in [6.07, 6.45) is 0.360. The zero-order valence-corrected chi connectivity index (χ0v) is 18.2. The van der Waals surface area contributed by atoms with Crippen molar-refractivity contribution >= 4 is 34.4 Å². The van der Waals surface area contributed by atoms with Crippen molar-refractivity contribution in [1.82, 2.24) is 20.2 Å². The monoisotopic (exact) mass is 433 g/mol. The van der Waals surface area contributed by atoms with Crippen LogP contribution in [0.2, 0.25) is 0 Å². The third-order valence-electron chi connectivity index (χ3n) is 5.57. The van der Waals surface area contributed by atoms with E-state index in [1.807, 2.05) is 24.3 Å². The van der Waals surface area contributed by atoms with Crippen LogP contribution in [0, 0.1) is 0 Å². The average Bonchev–Trinajstić information content (AvgIpc) is 3.10. The molecule has 166 valence electrons. The van der Waals surface area contributed by atoms with Crippen LogP contribution in [0.1, 0.15) is 48.8 Å². The lowest BCUT2D eigenvalue weighted by atomic mass is 10.1. The van der Waals surface area contributed by atoms with Crippen molar-refractivity contribution in [2.24, 2.45) is 0 Å². The van der Waals surface area contributed by atoms with Crippen molar-refractivity contribution in [1.29, 1.82) is 0 Å². The Bertz CT molecular complexity index is 1170. The molecule has 0 saturated heterocycles. The number of benzene rings is 2. The molecule has 1 aliphatic heterocycles. The highest BCUT2D eigenvalue weighted by Gasteiger charge is 2.27. The fourth-order valence-corrected chi connectivity index (χ4v) is 3.96. The zero-order chi connectivity index (χ0) is 22.7. The molecule has 2 heterocycles. The molecule has 0 fully saturated rings. The third kappa shape index (κ3) is 4.49. The van der Waals surface area contributed by atoms with Crippen LogP contribution in [0.15, 0.2) is 48.5 Å². The van der Waals surface area contributed by atoms with Gasteiger partial charge in [0.15, 0.2) is 0 Å². The minimum Gasteiger partial charge on any atom is -0.354 e. The summed E-state index contributed by atoms with van der Waals surface area (Å²) < 4.78 is 2.14. The van der Waals surface area contributed by atoms with Crippen molar-refractivity contribution in [2.45, 2.75) is 45.2 Å². The second kappa shape index (κ2) is 9.21. The molecule has 1 atom stereocenters. The highest BCUT2D eigenvalue weighted by atomic mass is 16.2. The van der Waals surface area contributed by atoms with Gasteiger partial charge in [0.05, 0.1) is 22.3 Å². The first-order chi connectivity index (χ1) is 15.4. The average molecular weight is 434 g/mol. The number of para-hydroxylation sites is 3. The molecule has 3 aromatic rings. The van der Waals surface area contributed by atoms with E-state index >= 15 is 0 Å². The molecule has 2 aromatic carbocycles. The van der Waals surface area contributed by atoms with E-state index in [1.165, 1.54) is 0 Å². The molecule has 0 spiro atoms. The van der Waals surface area contributed by atoms with Gasteiger partial charge in [-0.3, -0.25) is 14.4 Å². The van der Waals surface area contributed by atoms with E-state index in [-0.39, 0.29) is 36.5 Å². The molecule has 8 heteroatoms. The number of hydrogen-bond donors (Lipinski definition) is 3. The summed E-state index contributed by atoms with van der Waals surface area (Å²) in [7, 11) is 0. The summed E-state index contributed by atoms with van der Waals surface area (Å²) in [6.45, 7) is 5.25. The number of carbonyl (C=O) groups excluding carboxylic acids is 3. The molecule has 1 unspecified atom stereocenters. The van der Waals surface area contributed by atoms with Crippen LogP contribution in [0.3, 0.4) is 0 Å². The van der Waals surface area contributed by atoms with E-state index in [0.717, 1.165) is 16.9 Å². The first-order valence-electron chi connectivity index (χ1n) is 10.9. The maximum absolute atomic E-state index is 12.5. The highest BCUT2D eigenvalue weighted by molar-refractivity contribution is 6.09. The predicted molar refractivity (Wildman–Crippen MR) is 122 cm³/mol. The van der Waals surface area contributed by atoms with Gasteiger partial charge in [0.2, 0.25) is 11.8 Å². The van der Waals surface area contributed by atoms with Gasteiger partial charge >= 0.3 is 0 Å². The van der Waals surface area contributed by atoms with Crippen LogP contribution >= 0.6 is 0 Å². The maximum atomic E-state index is 12.5. The van der Waals surface area contributed by atoms with Crippen molar-refractivity contribution in [2.75, 3.05) is 11.9 Å². The number of hydrogen-bond acceptors (Lipinski definition) is 4. The van der Waals surface area contributed by atoms with Gasteiger partial charge in [-0.1, -0.05) is 38.1 Å². The molecule has 0 saturated carbocycles. The Morgan fingerprint density at radius 2 is 1.88 bits per heavy atom. The number of nitrogens with one attached hydrogen (secondary N) is 3. The van der Waals surface area contributed by atoms with E-state index in [2.05, 4.69) is 34.4 Å². The number of carbonyl (C=O) groups is 3. The first kappa shape index (κ1) is 21.5. The molecule has 1 aliphatic rings. The number of fused-ring (bicyclic) bond motifs is 2. The molecular weight excluding hydrogens is 406 g/mol. The zero-order valence-electron chi connectivity index (χ0n) is 18.2. The second-order valence-electron chi connectivity index (χ2n) is 8.21. The summed E-state index contributed by atoms with van der Waals surface area (Å²) in [6, 6.07) is 14.0. The number of nitrogens with zero attached hydrogens (tertiary/aromatic N) is 2. The highest BCUT2D eigenvalue weighted by Crippen LogP contribution is 2.22. The standard InChI is InChI=1S/C24H27N5O3/c1-15(2)22-26-18-9-5-6-10-20(18)29(22)14-13-25-21(30)12-11-19-24(32)27-17-8-4-3-7-16(17)23(31)28-19/h3-10,15,19H,11-14H2,1-2H3,(H,25,30)(H,27,32)(H,28,31). The van der Waals surface area contributed by atoms with Crippen molar-refractivity contribution in [3.63, 3.8) is 0 Å². The topological polar surface area (TPSA) is 105 Å². The summed E-state index contributed by atoms with van der Waals surface area (Å²) >= 11 is 0.